The molecule has 0 radical (unpaired) electrons. The molecule has 0 spiro atoms. The van der Waals surface area contributed by atoms with Crippen LogP contribution in [0.15, 0.2) is 24.3 Å². The summed E-state index contributed by atoms with van der Waals surface area (Å²) < 4.78 is 72.6. The van der Waals surface area contributed by atoms with E-state index in [4.69, 9.17) is 33.9 Å². The quantitative estimate of drug-likeness (QED) is 0.0885. The minimum Gasteiger partial charge on any atom is -0.468 e. The highest BCUT2D eigenvalue weighted by atomic mass is 28.3. The van der Waals surface area contributed by atoms with E-state index in [9.17, 15) is 4.39 Å². The molecule has 0 bridgehead atoms. The van der Waals surface area contributed by atoms with E-state index >= 15 is 8.78 Å². The second kappa shape index (κ2) is 16.2. The van der Waals surface area contributed by atoms with Crippen molar-refractivity contribution in [3.05, 3.63) is 47.2 Å². The number of aromatic nitrogens is 3. The fourth-order valence-electron chi connectivity index (χ4n) is 10.7. The van der Waals surface area contributed by atoms with Crippen LogP contribution in [-0.2, 0) is 15.9 Å². The topological polar surface area (TPSA) is 82.1 Å². The van der Waals surface area contributed by atoms with Crippen LogP contribution in [-0.4, -0.2) is 99.0 Å². The molecular weight excluding hydrogens is 760 g/mol. The van der Waals surface area contributed by atoms with Gasteiger partial charge in [0.2, 0.25) is 0 Å². The third-order valence-electron chi connectivity index (χ3n) is 13.4. The van der Waals surface area contributed by atoms with E-state index in [0.29, 0.717) is 101 Å². The van der Waals surface area contributed by atoms with Gasteiger partial charge in [0, 0.05) is 44.2 Å². The molecule has 0 N–H and O–H groups in total. The molecule has 1 unspecified atom stereocenters. The lowest BCUT2D eigenvalue weighted by atomic mass is 9.95. The van der Waals surface area contributed by atoms with Gasteiger partial charge in [-0.15, -0.1) is 5.54 Å². The molecule has 58 heavy (non-hydrogen) atoms. The predicted molar refractivity (Wildman–Crippen MR) is 224 cm³/mol. The average Bonchev–Trinajstić information content (AvgIpc) is 3.54. The number of aryl methyl sites for hydroxylation is 1. The van der Waals surface area contributed by atoms with Crippen LogP contribution in [0.3, 0.4) is 0 Å². The molecule has 310 valence electrons. The molecule has 0 saturated carbocycles. The maximum atomic E-state index is 17.8. The molecule has 0 amide bonds. The number of pyridine rings is 1. The van der Waals surface area contributed by atoms with Crippen LogP contribution in [0.4, 0.5) is 19.0 Å². The first-order valence-electron chi connectivity index (χ1n) is 21.0. The Morgan fingerprint density at radius 3 is 2.53 bits per heavy atom. The minimum absolute atomic E-state index is 0.0182. The molecule has 9 nitrogen and oxygen atoms in total. The first-order chi connectivity index (χ1) is 27.9. The van der Waals surface area contributed by atoms with Crippen molar-refractivity contribution in [2.75, 3.05) is 58.3 Å². The molecule has 2 aromatic carbocycles. The molecule has 8 rings (SSSR count). The van der Waals surface area contributed by atoms with Crippen LogP contribution in [0.2, 0.25) is 16.6 Å². The number of rotatable bonds is 10. The number of fused-ring (bicyclic) bond motifs is 4. The average molecular weight is 816 g/mol. The van der Waals surface area contributed by atoms with E-state index in [0.717, 1.165) is 25.8 Å². The summed E-state index contributed by atoms with van der Waals surface area (Å²) >= 11 is 0. The minimum atomic E-state index is -2.30. The number of methoxy groups -OCH3 is 1. The second-order valence-electron chi connectivity index (χ2n) is 17.6. The van der Waals surface area contributed by atoms with Crippen molar-refractivity contribution in [3.63, 3.8) is 0 Å². The normalized spacial score (nSPS) is 22.3. The van der Waals surface area contributed by atoms with E-state index in [1.807, 2.05) is 0 Å². The van der Waals surface area contributed by atoms with Crippen molar-refractivity contribution < 1.29 is 32.1 Å². The number of anilines is 1. The zero-order valence-corrected chi connectivity index (χ0v) is 35.9. The predicted octanol–water partition coefficient (Wildman–Crippen LogP) is 9.17. The number of hydrogen-bond donors (Lipinski definition) is 0. The Morgan fingerprint density at radius 2 is 1.78 bits per heavy atom. The number of hydrogen-bond acceptors (Lipinski definition) is 9. The molecule has 13 heteroatoms. The number of alkyl halides is 1. The van der Waals surface area contributed by atoms with Crippen molar-refractivity contribution in [2.24, 2.45) is 0 Å². The Labute approximate surface area is 341 Å². The van der Waals surface area contributed by atoms with Crippen molar-refractivity contribution in [1.29, 1.82) is 0 Å². The zero-order valence-electron chi connectivity index (χ0n) is 34.9. The van der Waals surface area contributed by atoms with Gasteiger partial charge in [0.05, 0.1) is 34.8 Å². The third-order valence-corrected chi connectivity index (χ3v) is 19.7. The summed E-state index contributed by atoms with van der Waals surface area (Å²) in [6, 6.07) is 6.62. The molecule has 0 aliphatic carbocycles. The standard InChI is InChI=1S/C45H56F3N5O4Si/c1-27(2)58(28(3)4,29(5)6)19-14-34-36(47)12-10-30-20-33(57-26-54-7)21-35(38(30)34)41-40(48)42-39-37(49-41)13-11-32-24-55-18-9-17-53(32)43(39)51-44(50-42)56-25-45-15-8-16-52(45)23-31(46)22-45/h10,12,20-21,27-29,31-32H,8-9,11,13,15-18,22-26H2,1-7H3/t31-,32?,45+/m1/s1. The van der Waals surface area contributed by atoms with Crippen LogP contribution < -0.4 is 14.4 Å². The van der Waals surface area contributed by atoms with Crippen LogP contribution in [0.5, 0.6) is 11.8 Å². The molecule has 3 saturated heterocycles. The zero-order chi connectivity index (χ0) is 40.9. The Morgan fingerprint density at radius 1 is 0.983 bits per heavy atom. The highest BCUT2D eigenvalue weighted by Crippen LogP contribution is 2.45. The van der Waals surface area contributed by atoms with Gasteiger partial charge in [-0.05, 0) is 78.9 Å². The molecule has 6 heterocycles. The van der Waals surface area contributed by atoms with Crippen molar-refractivity contribution in [3.8, 4) is 34.5 Å². The molecule has 3 atom stereocenters. The summed E-state index contributed by atoms with van der Waals surface area (Å²) in [7, 11) is -0.767. The van der Waals surface area contributed by atoms with Gasteiger partial charge in [-0.1, -0.05) is 53.5 Å². The highest BCUT2D eigenvalue weighted by Gasteiger charge is 2.49. The summed E-state index contributed by atoms with van der Waals surface area (Å²) in [4.78, 5) is 19.3. The fraction of sp³-hybridized carbons (Fsp3) is 0.578. The number of halogens is 3. The van der Waals surface area contributed by atoms with Gasteiger partial charge < -0.3 is 23.8 Å². The third kappa shape index (κ3) is 7.11. The van der Waals surface area contributed by atoms with E-state index < -0.39 is 31.4 Å². The van der Waals surface area contributed by atoms with Crippen LogP contribution in [0, 0.1) is 23.1 Å². The first-order valence-corrected chi connectivity index (χ1v) is 23.3. The lowest BCUT2D eigenvalue weighted by Gasteiger charge is -2.38. The maximum Gasteiger partial charge on any atom is 0.319 e. The molecule has 4 aromatic rings. The fourth-order valence-corrected chi connectivity index (χ4v) is 15.9. The SMILES string of the molecule is COCOc1cc(-c2nc3c4c(nc(OC[C@@]56CCCN5C[C@H](F)C6)nc4c2F)N2CCCOCC2CC3)c2c(C#C[Si](C(C)C)(C(C)C)C(C)C)c(F)ccc2c1. The van der Waals surface area contributed by atoms with Crippen LogP contribution in [0.25, 0.3) is 32.9 Å². The molecular formula is C45H56F3N5O4Si. The van der Waals surface area contributed by atoms with Crippen LogP contribution >= 0.6 is 0 Å². The van der Waals surface area contributed by atoms with Crippen molar-refractivity contribution in [1.82, 2.24) is 19.9 Å². The van der Waals surface area contributed by atoms with Gasteiger partial charge in [0.15, 0.2) is 12.6 Å². The Bertz CT molecular complexity index is 2240. The maximum absolute atomic E-state index is 17.8. The second-order valence-corrected chi connectivity index (χ2v) is 23.2. The molecule has 4 aliphatic heterocycles. The smallest absolute Gasteiger partial charge is 0.319 e. The van der Waals surface area contributed by atoms with Crippen molar-refractivity contribution in [2.45, 2.75) is 114 Å². The Hall–Kier alpha value is -3.96. The van der Waals surface area contributed by atoms with E-state index in [2.05, 4.69) is 62.8 Å². The molecule has 4 aliphatic rings. The largest absolute Gasteiger partial charge is 0.468 e. The number of nitrogens with zero attached hydrogens (tertiary/aromatic N) is 5. The van der Waals surface area contributed by atoms with Gasteiger partial charge in [0.1, 0.15) is 49.4 Å². The number of ether oxygens (including phenoxy) is 4. The lowest BCUT2D eigenvalue weighted by molar-refractivity contribution is 0.0512. The van der Waals surface area contributed by atoms with Gasteiger partial charge in [0.25, 0.3) is 0 Å². The van der Waals surface area contributed by atoms with Gasteiger partial charge in [-0.25, -0.2) is 18.2 Å². The summed E-state index contributed by atoms with van der Waals surface area (Å²) in [6.45, 7) is 16.5. The highest BCUT2D eigenvalue weighted by molar-refractivity contribution is 6.90. The summed E-state index contributed by atoms with van der Waals surface area (Å²) in [6.07, 6.45) is 3.24. The summed E-state index contributed by atoms with van der Waals surface area (Å²) in [5.41, 5.74) is 5.52. The van der Waals surface area contributed by atoms with E-state index in [-0.39, 0.29) is 42.2 Å². The van der Waals surface area contributed by atoms with E-state index in [1.165, 1.54) is 13.2 Å². The van der Waals surface area contributed by atoms with Crippen LogP contribution in [0.1, 0.15) is 84.9 Å². The Kier molecular flexibility index (Phi) is 11.4. The van der Waals surface area contributed by atoms with E-state index in [1.54, 1.807) is 18.2 Å². The molecule has 3 fully saturated rings. The van der Waals surface area contributed by atoms with Gasteiger partial charge in [-0.3, -0.25) is 4.90 Å². The Balaban J connectivity index is 1.36. The number of benzene rings is 2. The van der Waals surface area contributed by atoms with Gasteiger partial charge >= 0.3 is 6.01 Å². The first kappa shape index (κ1) is 40.8. The monoisotopic (exact) mass is 815 g/mol. The molecule has 2 aromatic heterocycles. The lowest BCUT2D eigenvalue weighted by Crippen LogP contribution is -2.43. The van der Waals surface area contributed by atoms with Crippen molar-refractivity contribution >= 4 is 35.6 Å². The summed E-state index contributed by atoms with van der Waals surface area (Å²) in [5.74, 6) is 3.18. The summed E-state index contributed by atoms with van der Waals surface area (Å²) in [5, 5.41) is 1.62. The van der Waals surface area contributed by atoms with Gasteiger partial charge in [-0.2, -0.15) is 9.97 Å².